The molecule has 0 fully saturated rings. The summed E-state index contributed by atoms with van der Waals surface area (Å²) in [7, 11) is 1.34. The fraction of sp³-hybridized carbons (Fsp3) is 0.188. The first kappa shape index (κ1) is 15.7. The second-order valence-corrected chi connectivity index (χ2v) is 6.33. The van der Waals surface area contributed by atoms with Crippen LogP contribution >= 0.6 is 22.9 Å². The van der Waals surface area contributed by atoms with E-state index in [4.69, 9.17) is 21.1 Å². The Morgan fingerprint density at radius 2 is 2.09 bits per heavy atom. The SMILES string of the molecule is CCOc1nc(-c2ccc(Cl)s2)nc2cc(C(=O)OC)ccc12. The molecule has 0 unspecified atom stereocenters. The van der Waals surface area contributed by atoms with Crippen molar-refractivity contribution in [2.75, 3.05) is 13.7 Å². The zero-order chi connectivity index (χ0) is 16.4. The van der Waals surface area contributed by atoms with Crippen LogP contribution in [0.4, 0.5) is 0 Å². The molecule has 3 rings (SSSR count). The van der Waals surface area contributed by atoms with Gasteiger partial charge in [0.05, 0.1) is 39.4 Å². The summed E-state index contributed by atoms with van der Waals surface area (Å²) in [6, 6.07) is 8.75. The topological polar surface area (TPSA) is 61.3 Å². The van der Waals surface area contributed by atoms with Gasteiger partial charge in [-0.15, -0.1) is 11.3 Å². The second-order valence-electron chi connectivity index (χ2n) is 4.61. The van der Waals surface area contributed by atoms with E-state index in [1.54, 1.807) is 24.3 Å². The first-order chi connectivity index (χ1) is 11.1. The number of methoxy groups -OCH3 is 1. The minimum Gasteiger partial charge on any atom is -0.477 e. The van der Waals surface area contributed by atoms with E-state index in [9.17, 15) is 4.79 Å². The largest absolute Gasteiger partial charge is 0.477 e. The Morgan fingerprint density at radius 1 is 1.26 bits per heavy atom. The molecule has 0 bridgehead atoms. The van der Waals surface area contributed by atoms with Gasteiger partial charge in [0.15, 0.2) is 5.82 Å². The minimum absolute atomic E-state index is 0.413. The highest BCUT2D eigenvalue weighted by Gasteiger charge is 2.14. The average Bonchev–Trinajstić information content (AvgIpc) is 3.00. The van der Waals surface area contributed by atoms with Crippen LogP contribution in [0.5, 0.6) is 5.88 Å². The van der Waals surface area contributed by atoms with Crippen molar-refractivity contribution in [3.8, 4) is 16.6 Å². The van der Waals surface area contributed by atoms with E-state index in [1.807, 2.05) is 13.0 Å². The summed E-state index contributed by atoms with van der Waals surface area (Å²) in [5, 5.41) is 0.742. The van der Waals surface area contributed by atoms with Crippen LogP contribution in [0.1, 0.15) is 17.3 Å². The first-order valence-electron chi connectivity index (χ1n) is 6.91. The third kappa shape index (κ3) is 3.13. The molecule has 0 aliphatic heterocycles. The van der Waals surface area contributed by atoms with Gasteiger partial charge < -0.3 is 9.47 Å². The van der Waals surface area contributed by atoms with Gasteiger partial charge in [0.1, 0.15) is 0 Å². The Labute approximate surface area is 141 Å². The van der Waals surface area contributed by atoms with Crippen molar-refractivity contribution < 1.29 is 14.3 Å². The van der Waals surface area contributed by atoms with Gasteiger partial charge in [-0.1, -0.05) is 11.6 Å². The summed E-state index contributed by atoms with van der Waals surface area (Å²) in [6.07, 6.45) is 0. The molecule has 0 spiro atoms. The monoisotopic (exact) mass is 348 g/mol. The molecule has 0 saturated carbocycles. The summed E-state index contributed by atoms with van der Waals surface area (Å²) >= 11 is 7.37. The number of halogens is 1. The van der Waals surface area contributed by atoms with E-state index in [1.165, 1.54) is 18.4 Å². The molecule has 1 aromatic carbocycles. The third-order valence-electron chi connectivity index (χ3n) is 3.16. The number of esters is 1. The van der Waals surface area contributed by atoms with Crippen LogP contribution in [0.15, 0.2) is 30.3 Å². The molecule has 0 saturated heterocycles. The second kappa shape index (κ2) is 6.52. The van der Waals surface area contributed by atoms with E-state index in [0.717, 1.165) is 10.3 Å². The average molecular weight is 349 g/mol. The standard InChI is InChI=1S/C16H13ClN2O3S/c1-3-22-15-10-5-4-9(16(20)21-2)8-11(10)18-14(19-15)12-6-7-13(17)23-12/h4-8H,3H2,1-2H3. The van der Waals surface area contributed by atoms with Crippen molar-refractivity contribution in [2.45, 2.75) is 6.92 Å². The van der Waals surface area contributed by atoms with Gasteiger partial charge in [0.2, 0.25) is 5.88 Å². The van der Waals surface area contributed by atoms with Crippen molar-refractivity contribution in [3.63, 3.8) is 0 Å². The van der Waals surface area contributed by atoms with Crippen molar-refractivity contribution >= 4 is 39.8 Å². The molecule has 0 aliphatic carbocycles. The van der Waals surface area contributed by atoms with Crippen LogP contribution in [-0.4, -0.2) is 29.7 Å². The van der Waals surface area contributed by atoms with Gasteiger partial charge in [-0.05, 0) is 37.3 Å². The maximum Gasteiger partial charge on any atom is 0.337 e. The molecule has 2 heterocycles. The lowest BCUT2D eigenvalue weighted by Gasteiger charge is -2.09. The molecular formula is C16H13ClN2O3S. The van der Waals surface area contributed by atoms with Crippen LogP contribution < -0.4 is 4.74 Å². The van der Waals surface area contributed by atoms with E-state index < -0.39 is 5.97 Å². The minimum atomic E-state index is -0.413. The lowest BCUT2D eigenvalue weighted by molar-refractivity contribution is 0.0601. The van der Waals surface area contributed by atoms with E-state index >= 15 is 0 Å². The number of rotatable bonds is 4. The van der Waals surface area contributed by atoms with Crippen LogP contribution in [0.2, 0.25) is 4.34 Å². The Bertz CT molecular complexity index is 879. The number of benzene rings is 1. The molecule has 2 aromatic heterocycles. The van der Waals surface area contributed by atoms with Crippen LogP contribution in [0, 0.1) is 0 Å². The van der Waals surface area contributed by atoms with Crippen molar-refractivity contribution in [2.24, 2.45) is 0 Å². The lowest BCUT2D eigenvalue weighted by atomic mass is 10.1. The molecule has 0 amide bonds. The molecule has 0 aliphatic rings. The lowest BCUT2D eigenvalue weighted by Crippen LogP contribution is -2.03. The van der Waals surface area contributed by atoms with Crippen LogP contribution in [-0.2, 0) is 4.74 Å². The molecule has 0 radical (unpaired) electrons. The van der Waals surface area contributed by atoms with Crippen LogP contribution in [0.3, 0.4) is 0 Å². The van der Waals surface area contributed by atoms with E-state index in [0.29, 0.717) is 33.7 Å². The van der Waals surface area contributed by atoms with Crippen LogP contribution in [0.25, 0.3) is 21.6 Å². The summed E-state index contributed by atoms with van der Waals surface area (Å²) < 4.78 is 11.0. The molecule has 5 nitrogen and oxygen atoms in total. The number of nitrogens with zero attached hydrogens (tertiary/aromatic N) is 2. The fourth-order valence-electron chi connectivity index (χ4n) is 2.14. The number of ether oxygens (including phenoxy) is 2. The Hall–Kier alpha value is -2.18. The highest BCUT2D eigenvalue weighted by Crippen LogP contribution is 2.32. The van der Waals surface area contributed by atoms with Gasteiger partial charge in [-0.3, -0.25) is 0 Å². The maximum atomic E-state index is 11.7. The highest BCUT2D eigenvalue weighted by molar-refractivity contribution is 7.19. The predicted octanol–water partition coefficient (Wildman–Crippen LogP) is 4.20. The normalized spacial score (nSPS) is 10.7. The zero-order valence-corrected chi connectivity index (χ0v) is 14.1. The summed E-state index contributed by atoms with van der Waals surface area (Å²) in [6.45, 7) is 2.37. The summed E-state index contributed by atoms with van der Waals surface area (Å²) in [5.41, 5.74) is 1.04. The number of carbonyl (C=O) groups excluding carboxylic acids is 1. The zero-order valence-electron chi connectivity index (χ0n) is 12.5. The van der Waals surface area contributed by atoms with Crippen molar-refractivity contribution in [3.05, 3.63) is 40.2 Å². The summed E-state index contributed by atoms with van der Waals surface area (Å²) in [4.78, 5) is 21.6. The van der Waals surface area contributed by atoms with Gasteiger partial charge in [-0.2, -0.15) is 4.98 Å². The number of carbonyl (C=O) groups is 1. The quantitative estimate of drug-likeness (QED) is 0.661. The van der Waals surface area contributed by atoms with Gasteiger partial charge >= 0.3 is 5.97 Å². The number of hydrogen-bond donors (Lipinski definition) is 0. The van der Waals surface area contributed by atoms with Crippen molar-refractivity contribution in [1.82, 2.24) is 9.97 Å². The molecule has 118 valence electrons. The van der Waals surface area contributed by atoms with E-state index in [-0.39, 0.29) is 0 Å². The third-order valence-corrected chi connectivity index (χ3v) is 4.38. The Morgan fingerprint density at radius 3 is 2.74 bits per heavy atom. The molecular weight excluding hydrogens is 336 g/mol. The maximum absolute atomic E-state index is 11.7. The number of hydrogen-bond acceptors (Lipinski definition) is 6. The number of aromatic nitrogens is 2. The summed E-state index contributed by atoms with van der Waals surface area (Å²) in [5.74, 6) is 0.581. The number of fused-ring (bicyclic) bond motifs is 1. The van der Waals surface area contributed by atoms with Crippen molar-refractivity contribution in [1.29, 1.82) is 0 Å². The Balaban J connectivity index is 2.20. The van der Waals surface area contributed by atoms with E-state index in [2.05, 4.69) is 9.97 Å². The molecule has 0 atom stereocenters. The molecule has 3 aromatic rings. The Kier molecular flexibility index (Phi) is 4.45. The smallest absolute Gasteiger partial charge is 0.337 e. The van der Waals surface area contributed by atoms with Gasteiger partial charge in [0.25, 0.3) is 0 Å². The van der Waals surface area contributed by atoms with Gasteiger partial charge in [-0.25, -0.2) is 9.78 Å². The number of thiophene rings is 1. The predicted molar refractivity (Wildman–Crippen MR) is 90.4 cm³/mol. The molecule has 7 heteroatoms. The van der Waals surface area contributed by atoms with Gasteiger partial charge in [0, 0.05) is 0 Å². The molecule has 0 N–H and O–H groups in total. The highest BCUT2D eigenvalue weighted by atomic mass is 35.5. The first-order valence-corrected chi connectivity index (χ1v) is 8.10. The fourth-order valence-corrected chi connectivity index (χ4v) is 3.11. The molecule has 23 heavy (non-hydrogen) atoms.